The van der Waals surface area contributed by atoms with Crippen LogP contribution in [-0.2, 0) is 15.0 Å². The number of hydrogen-bond acceptors (Lipinski definition) is 5. The van der Waals surface area contributed by atoms with Crippen LogP contribution in [0.2, 0.25) is 10.4 Å². The molecule has 2 amide bonds. The molecular formula is C14H8B6N4O3. The molecule has 2 aromatic rings. The molecule has 27 heavy (non-hydrogen) atoms. The molecule has 3 N–H and O–H groups in total. The van der Waals surface area contributed by atoms with E-state index < -0.39 is 33.2 Å². The molecule has 120 valence electrons. The average Bonchev–Trinajstić information content (AvgIpc) is 2.56. The minimum Gasteiger partial charge on any atom is -0.398 e. The Kier molecular flexibility index (Phi) is 4.03. The van der Waals surface area contributed by atoms with Gasteiger partial charge in [0.25, 0.3) is 5.56 Å². The van der Waals surface area contributed by atoms with E-state index in [-0.39, 0.29) is 27.9 Å². The maximum absolute atomic E-state index is 13.2. The molecule has 0 aliphatic carbocycles. The molecule has 1 atom stereocenters. The second-order valence-corrected chi connectivity index (χ2v) is 6.55. The molecule has 2 heterocycles. The number of nitrogen functional groups attached to an aromatic ring is 1. The van der Waals surface area contributed by atoms with Crippen LogP contribution in [0, 0.1) is 6.92 Å². The van der Waals surface area contributed by atoms with Crippen molar-refractivity contribution in [3.8, 4) is 0 Å². The van der Waals surface area contributed by atoms with Crippen molar-refractivity contribution in [2.45, 2.75) is 22.8 Å². The Morgan fingerprint density at radius 2 is 1.67 bits per heavy atom. The standard InChI is InChI=1S/C14H8B6N4O3/c1-4-22-6-3-2-5(15)8(21)7(6)9(25)24(4)13(18)11(27)23-10(26)12(16,17)14(13,19)20/h2-3H,21H2,1H3,(H,23,26,27). The SMILES string of the molecule is [B]c1ccc2nc(C)n(C3([B])C(=O)NC(=O)C([B])([B])C3([B])[B])c(=O)c2c1N. The third-order valence-corrected chi connectivity index (χ3v) is 4.90. The number of carbonyl (C=O) groups excluding carboxylic acids is 2. The van der Waals surface area contributed by atoms with Crippen LogP contribution >= 0.6 is 0 Å². The maximum atomic E-state index is 13.2. The van der Waals surface area contributed by atoms with E-state index >= 15 is 0 Å². The first kappa shape index (κ1) is 19.5. The van der Waals surface area contributed by atoms with Crippen molar-refractivity contribution in [2.24, 2.45) is 0 Å². The van der Waals surface area contributed by atoms with Gasteiger partial charge in [-0.3, -0.25) is 24.3 Å². The summed E-state index contributed by atoms with van der Waals surface area (Å²) in [5, 5.41) is -3.28. The van der Waals surface area contributed by atoms with Crippen LogP contribution in [0.25, 0.3) is 10.9 Å². The molecule has 0 saturated carbocycles. The summed E-state index contributed by atoms with van der Waals surface area (Å²) in [6, 6.07) is 2.95. The van der Waals surface area contributed by atoms with Crippen LogP contribution in [-0.4, -0.2) is 68.4 Å². The van der Waals surface area contributed by atoms with Gasteiger partial charge in [0, 0.05) is 5.69 Å². The van der Waals surface area contributed by atoms with E-state index in [1.807, 2.05) is 5.32 Å². The van der Waals surface area contributed by atoms with Crippen molar-refractivity contribution in [1.82, 2.24) is 14.9 Å². The quantitative estimate of drug-likeness (QED) is 0.316. The van der Waals surface area contributed by atoms with Gasteiger partial charge in [-0.05, 0) is 18.2 Å². The second-order valence-electron chi connectivity index (χ2n) is 6.55. The van der Waals surface area contributed by atoms with E-state index in [9.17, 15) is 14.4 Å². The third-order valence-electron chi connectivity index (χ3n) is 4.90. The molecule has 1 aliphatic rings. The van der Waals surface area contributed by atoms with Gasteiger partial charge in [-0.15, -0.1) is 0 Å². The first-order valence-corrected chi connectivity index (χ1v) is 7.66. The Morgan fingerprint density at radius 1 is 1.07 bits per heavy atom. The van der Waals surface area contributed by atoms with Gasteiger partial charge in [-0.2, -0.15) is 0 Å². The monoisotopic (exact) mass is 346 g/mol. The number of carbonyl (C=O) groups is 2. The van der Waals surface area contributed by atoms with E-state index in [4.69, 9.17) is 52.8 Å². The van der Waals surface area contributed by atoms with E-state index in [1.165, 1.54) is 19.1 Å². The Morgan fingerprint density at radius 3 is 2.26 bits per heavy atom. The fourth-order valence-corrected chi connectivity index (χ4v) is 3.12. The highest BCUT2D eigenvalue weighted by Crippen LogP contribution is 2.54. The highest BCUT2D eigenvalue weighted by molar-refractivity contribution is 6.66. The number of rotatable bonds is 1. The summed E-state index contributed by atoms with van der Waals surface area (Å²) < 4.78 is 0.710. The summed E-state index contributed by atoms with van der Waals surface area (Å²) in [6.07, 6.45) is 0. The fraction of sp³-hybridized carbons (Fsp3) is 0.286. The highest BCUT2D eigenvalue weighted by Gasteiger charge is 2.60. The number of imide groups is 1. The largest absolute Gasteiger partial charge is 0.398 e. The molecule has 12 radical (unpaired) electrons. The average molecular weight is 345 g/mol. The van der Waals surface area contributed by atoms with Crippen molar-refractivity contribution in [3.05, 3.63) is 28.3 Å². The molecule has 3 rings (SSSR count). The normalized spacial score (nSPS) is 23.9. The lowest BCUT2D eigenvalue weighted by Crippen LogP contribution is -2.71. The van der Waals surface area contributed by atoms with Crippen molar-refractivity contribution in [2.75, 3.05) is 5.73 Å². The van der Waals surface area contributed by atoms with Crippen molar-refractivity contribution in [3.63, 3.8) is 0 Å². The molecule has 0 bridgehead atoms. The molecule has 1 saturated heterocycles. The van der Waals surface area contributed by atoms with Gasteiger partial charge in [0.2, 0.25) is 11.8 Å². The number of piperidine rings is 1. The Hall–Kier alpha value is -2.31. The number of fused-ring (bicyclic) bond motifs is 1. The summed E-state index contributed by atoms with van der Waals surface area (Å²) in [4.78, 5) is 42.1. The lowest BCUT2D eigenvalue weighted by atomic mass is 9.21. The number of nitrogens with one attached hydrogen (secondary N) is 1. The smallest absolute Gasteiger partial charge is 0.263 e. The number of nitrogens with zero attached hydrogens (tertiary/aromatic N) is 2. The van der Waals surface area contributed by atoms with Gasteiger partial charge < -0.3 is 5.73 Å². The summed E-state index contributed by atoms with van der Waals surface area (Å²) in [5.41, 5.74) is 2.74. The molecule has 7 nitrogen and oxygen atoms in total. The van der Waals surface area contributed by atoms with Crippen molar-refractivity contribution in [1.29, 1.82) is 0 Å². The summed E-state index contributed by atoms with van der Waals surface area (Å²) in [5.74, 6) is -2.38. The van der Waals surface area contributed by atoms with Crippen LogP contribution in [0.1, 0.15) is 5.82 Å². The molecule has 1 aromatic heterocycles. The van der Waals surface area contributed by atoms with Crippen LogP contribution in [0.4, 0.5) is 5.69 Å². The topological polar surface area (TPSA) is 107 Å². The van der Waals surface area contributed by atoms with Gasteiger partial charge in [-0.25, -0.2) is 4.98 Å². The van der Waals surface area contributed by atoms with E-state index in [1.54, 1.807) is 0 Å². The predicted molar refractivity (Wildman–Crippen MR) is 106 cm³/mol. The van der Waals surface area contributed by atoms with E-state index in [2.05, 4.69) is 4.98 Å². The molecule has 13 heteroatoms. The zero-order chi connectivity index (χ0) is 20.5. The molecule has 1 aromatic carbocycles. The maximum Gasteiger partial charge on any atom is 0.263 e. The Labute approximate surface area is 162 Å². The van der Waals surface area contributed by atoms with E-state index in [0.717, 1.165) is 0 Å². The molecule has 0 spiro atoms. The number of aryl methyl sites for hydroxylation is 1. The third kappa shape index (κ3) is 2.23. The lowest BCUT2D eigenvalue weighted by molar-refractivity contribution is -0.139. The lowest BCUT2D eigenvalue weighted by Gasteiger charge is -2.58. The number of amides is 2. The van der Waals surface area contributed by atoms with Crippen LogP contribution < -0.4 is 22.1 Å². The van der Waals surface area contributed by atoms with Crippen LogP contribution in [0.3, 0.4) is 0 Å². The number of anilines is 1. The van der Waals surface area contributed by atoms with Gasteiger partial charge in [0.05, 0.1) is 47.7 Å². The van der Waals surface area contributed by atoms with Gasteiger partial charge in [0.15, 0.2) is 0 Å². The minimum absolute atomic E-state index is 0.0419. The second kappa shape index (κ2) is 5.59. The fourth-order valence-electron chi connectivity index (χ4n) is 3.12. The Balaban J connectivity index is 2.47. The van der Waals surface area contributed by atoms with Gasteiger partial charge >= 0.3 is 0 Å². The zero-order valence-electron chi connectivity index (χ0n) is 14.3. The summed E-state index contributed by atoms with van der Waals surface area (Å²) in [7, 11) is 35.4. The first-order valence-electron chi connectivity index (χ1n) is 7.66. The predicted octanol–water partition coefficient (Wildman–Crippen LogP) is -3.53. The number of hydrogen-bond donors (Lipinski definition) is 2. The van der Waals surface area contributed by atoms with Crippen molar-refractivity contribution < 1.29 is 9.59 Å². The van der Waals surface area contributed by atoms with E-state index in [0.29, 0.717) is 4.57 Å². The van der Waals surface area contributed by atoms with Crippen LogP contribution in [0.15, 0.2) is 16.9 Å². The zero-order valence-corrected chi connectivity index (χ0v) is 14.3. The van der Waals surface area contributed by atoms with Crippen molar-refractivity contribution >= 4 is 80.9 Å². The summed E-state index contributed by atoms with van der Waals surface area (Å²) >= 11 is 0. The molecule has 1 fully saturated rings. The summed E-state index contributed by atoms with van der Waals surface area (Å²) in [6.45, 7) is 1.39. The minimum atomic E-state index is -2.57. The number of aromatic nitrogens is 2. The highest BCUT2D eigenvalue weighted by atomic mass is 16.2. The number of benzene rings is 1. The number of nitrogens with two attached hydrogens (primary N) is 1. The molecular weight excluding hydrogens is 337 g/mol. The molecule has 1 unspecified atom stereocenters. The van der Waals surface area contributed by atoms with Crippen LogP contribution in [0.5, 0.6) is 0 Å². The first-order chi connectivity index (χ1) is 12.3. The molecule has 1 aliphatic heterocycles. The Bertz CT molecular complexity index is 1080. The van der Waals surface area contributed by atoms with Gasteiger partial charge in [-0.1, -0.05) is 16.7 Å². The van der Waals surface area contributed by atoms with Gasteiger partial charge in [0.1, 0.15) is 21.5 Å².